The van der Waals surface area contributed by atoms with Gasteiger partial charge in [0.25, 0.3) is 0 Å². The average Bonchev–Trinajstić information content (AvgIpc) is 2.45. The van der Waals surface area contributed by atoms with Crippen molar-refractivity contribution in [3.05, 3.63) is 34.9 Å². The number of halogens is 8. The van der Waals surface area contributed by atoms with Crippen molar-refractivity contribution >= 4 is 24.8 Å². The zero-order valence-electron chi connectivity index (χ0n) is 12.7. The molecule has 1 aromatic rings. The second kappa shape index (κ2) is 8.60. The van der Waals surface area contributed by atoms with Crippen molar-refractivity contribution in [2.75, 3.05) is 26.2 Å². The molecular weight excluding hydrogens is 381 g/mol. The number of nitrogens with zero attached hydrogens (tertiary/aromatic N) is 1. The first-order valence-electron chi connectivity index (χ1n) is 6.83. The Morgan fingerprint density at radius 1 is 0.875 bits per heavy atom. The van der Waals surface area contributed by atoms with E-state index in [0.29, 0.717) is 26.2 Å². The molecule has 1 fully saturated rings. The maximum Gasteiger partial charge on any atom is 0.416 e. The van der Waals surface area contributed by atoms with Crippen LogP contribution < -0.4 is 5.32 Å². The highest BCUT2D eigenvalue weighted by Gasteiger charge is 2.37. The first-order chi connectivity index (χ1) is 10.1. The lowest BCUT2D eigenvalue weighted by Gasteiger charge is -2.33. The van der Waals surface area contributed by atoms with E-state index in [-0.39, 0.29) is 36.4 Å². The van der Waals surface area contributed by atoms with Crippen LogP contribution in [0.2, 0.25) is 0 Å². The summed E-state index contributed by atoms with van der Waals surface area (Å²) in [4.78, 5) is 1.87. The Balaban J connectivity index is 0.00000264. The minimum Gasteiger partial charge on any atom is -0.314 e. The van der Waals surface area contributed by atoms with E-state index < -0.39 is 29.5 Å². The quantitative estimate of drug-likeness (QED) is 0.736. The molecule has 0 aromatic heterocycles. The van der Waals surface area contributed by atoms with Gasteiger partial charge < -0.3 is 5.32 Å². The minimum absolute atomic E-state index is 0. The maximum atomic E-state index is 12.9. The van der Waals surface area contributed by atoms with Gasteiger partial charge in [0.2, 0.25) is 0 Å². The van der Waals surface area contributed by atoms with Crippen LogP contribution in [0.3, 0.4) is 0 Å². The molecule has 140 valence electrons. The standard InChI is InChI=1S/C14H16F6N2.2ClH/c1-9(22-4-2-21-3-5-22)10-6-11(13(15,16)17)8-12(7-10)14(18,19)20;;/h6-9,21H,2-5H2,1H3;2*1H. The summed E-state index contributed by atoms with van der Waals surface area (Å²) in [6.45, 7) is 4.11. The summed E-state index contributed by atoms with van der Waals surface area (Å²) >= 11 is 0. The number of alkyl halides is 6. The lowest BCUT2D eigenvalue weighted by Crippen LogP contribution is -2.44. The fourth-order valence-corrected chi connectivity index (χ4v) is 2.50. The lowest BCUT2D eigenvalue weighted by molar-refractivity contribution is -0.143. The molecule has 1 unspecified atom stereocenters. The highest BCUT2D eigenvalue weighted by molar-refractivity contribution is 5.85. The fourth-order valence-electron chi connectivity index (χ4n) is 2.50. The van der Waals surface area contributed by atoms with Crippen molar-refractivity contribution in [3.8, 4) is 0 Å². The molecule has 0 aliphatic carbocycles. The van der Waals surface area contributed by atoms with Gasteiger partial charge in [0.1, 0.15) is 0 Å². The number of rotatable bonds is 2. The summed E-state index contributed by atoms with van der Waals surface area (Å²) < 4.78 is 77.1. The van der Waals surface area contributed by atoms with E-state index in [2.05, 4.69) is 5.32 Å². The van der Waals surface area contributed by atoms with Gasteiger partial charge in [-0.2, -0.15) is 26.3 Å². The predicted molar refractivity (Wildman–Crippen MR) is 83.8 cm³/mol. The van der Waals surface area contributed by atoms with E-state index in [4.69, 9.17) is 0 Å². The number of hydrogen-bond acceptors (Lipinski definition) is 2. The third-order valence-corrected chi connectivity index (χ3v) is 3.79. The van der Waals surface area contributed by atoms with Crippen LogP contribution in [0.25, 0.3) is 0 Å². The summed E-state index contributed by atoms with van der Waals surface area (Å²) in [6, 6.07) is 1.27. The SMILES string of the molecule is CC(c1cc(C(F)(F)F)cc(C(F)(F)F)c1)N1CCNCC1.Cl.Cl. The molecule has 10 heteroatoms. The summed E-state index contributed by atoms with van der Waals surface area (Å²) in [7, 11) is 0. The Morgan fingerprint density at radius 2 is 1.29 bits per heavy atom. The molecule has 1 atom stereocenters. The first kappa shape index (κ1) is 23.3. The van der Waals surface area contributed by atoms with E-state index in [1.165, 1.54) is 0 Å². The molecular formula is C14H18Cl2F6N2. The van der Waals surface area contributed by atoms with E-state index in [1.807, 2.05) is 4.90 Å². The zero-order chi connectivity index (χ0) is 16.5. The molecule has 0 spiro atoms. The summed E-state index contributed by atoms with van der Waals surface area (Å²) in [5.41, 5.74) is -2.50. The van der Waals surface area contributed by atoms with E-state index in [1.54, 1.807) is 6.92 Å². The van der Waals surface area contributed by atoms with Crippen LogP contribution >= 0.6 is 24.8 Å². The molecule has 1 heterocycles. The number of nitrogens with one attached hydrogen (secondary N) is 1. The molecule has 1 saturated heterocycles. The Hall–Kier alpha value is -0.700. The van der Waals surface area contributed by atoms with Crippen LogP contribution in [0.5, 0.6) is 0 Å². The molecule has 0 saturated carbocycles. The van der Waals surface area contributed by atoms with E-state index in [9.17, 15) is 26.3 Å². The zero-order valence-corrected chi connectivity index (χ0v) is 14.3. The van der Waals surface area contributed by atoms with Gasteiger partial charge in [-0.25, -0.2) is 0 Å². The van der Waals surface area contributed by atoms with Gasteiger partial charge in [-0.3, -0.25) is 4.90 Å². The van der Waals surface area contributed by atoms with Gasteiger partial charge in [-0.1, -0.05) is 0 Å². The summed E-state index contributed by atoms with van der Waals surface area (Å²) in [5, 5.41) is 3.09. The van der Waals surface area contributed by atoms with Gasteiger partial charge in [-0.15, -0.1) is 24.8 Å². The Morgan fingerprint density at radius 3 is 1.67 bits per heavy atom. The van der Waals surface area contributed by atoms with Crippen LogP contribution in [-0.2, 0) is 12.4 Å². The largest absolute Gasteiger partial charge is 0.416 e. The van der Waals surface area contributed by atoms with Crippen LogP contribution in [0.4, 0.5) is 26.3 Å². The Bertz CT molecular complexity index is 495. The molecule has 0 radical (unpaired) electrons. The van der Waals surface area contributed by atoms with E-state index >= 15 is 0 Å². The number of piperazine rings is 1. The maximum absolute atomic E-state index is 12.9. The topological polar surface area (TPSA) is 15.3 Å². The lowest BCUT2D eigenvalue weighted by atomic mass is 9.99. The van der Waals surface area contributed by atoms with Crippen molar-refractivity contribution < 1.29 is 26.3 Å². The van der Waals surface area contributed by atoms with Crippen LogP contribution in [0, 0.1) is 0 Å². The first-order valence-corrected chi connectivity index (χ1v) is 6.83. The predicted octanol–water partition coefficient (Wildman–Crippen LogP) is 4.53. The number of benzene rings is 1. The van der Waals surface area contributed by atoms with E-state index in [0.717, 1.165) is 12.1 Å². The third-order valence-electron chi connectivity index (χ3n) is 3.79. The molecule has 1 aromatic carbocycles. The van der Waals surface area contributed by atoms with Crippen LogP contribution in [-0.4, -0.2) is 31.1 Å². The Kier molecular flexibility index (Phi) is 8.35. The molecule has 1 aliphatic heterocycles. The van der Waals surface area contributed by atoms with Crippen molar-refractivity contribution in [1.82, 2.24) is 10.2 Å². The summed E-state index contributed by atoms with van der Waals surface area (Å²) in [6.07, 6.45) is -9.61. The normalized spacial score (nSPS) is 17.6. The number of hydrogen-bond donors (Lipinski definition) is 1. The van der Waals surface area contributed by atoms with Gasteiger partial charge in [0.05, 0.1) is 11.1 Å². The molecule has 0 bridgehead atoms. The molecule has 0 amide bonds. The Labute approximate surface area is 148 Å². The second-order valence-electron chi connectivity index (χ2n) is 5.30. The molecule has 24 heavy (non-hydrogen) atoms. The second-order valence-corrected chi connectivity index (χ2v) is 5.30. The molecule has 2 rings (SSSR count). The van der Waals surface area contributed by atoms with Gasteiger partial charge >= 0.3 is 12.4 Å². The highest BCUT2D eigenvalue weighted by Crippen LogP contribution is 2.38. The monoisotopic (exact) mass is 398 g/mol. The fraction of sp³-hybridized carbons (Fsp3) is 0.571. The van der Waals surface area contributed by atoms with Crippen molar-refractivity contribution in [3.63, 3.8) is 0 Å². The van der Waals surface area contributed by atoms with Crippen LogP contribution in [0.1, 0.15) is 29.7 Å². The smallest absolute Gasteiger partial charge is 0.314 e. The molecule has 1 aliphatic rings. The van der Waals surface area contributed by atoms with Gasteiger partial charge in [-0.05, 0) is 30.7 Å². The molecule has 1 N–H and O–H groups in total. The summed E-state index contributed by atoms with van der Waals surface area (Å²) in [5.74, 6) is 0. The van der Waals surface area contributed by atoms with Gasteiger partial charge in [0.15, 0.2) is 0 Å². The third kappa shape index (κ3) is 5.68. The van der Waals surface area contributed by atoms with Crippen molar-refractivity contribution in [1.29, 1.82) is 0 Å². The average molecular weight is 399 g/mol. The minimum atomic E-state index is -4.81. The molecule has 2 nitrogen and oxygen atoms in total. The van der Waals surface area contributed by atoms with Crippen molar-refractivity contribution in [2.24, 2.45) is 0 Å². The van der Waals surface area contributed by atoms with Crippen molar-refractivity contribution in [2.45, 2.75) is 25.3 Å². The van der Waals surface area contributed by atoms with Gasteiger partial charge in [0, 0.05) is 32.2 Å². The van der Waals surface area contributed by atoms with Crippen LogP contribution in [0.15, 0.2) is 18.2 Å². The highest BCUT2D eigenvalue weighted by atomic mass is 35.5.